The monoisotopic (exact) mass is 390 g/mol. The van der Waals surface area contributed by atoms with Gasteiger partial charge < -0.3 is 20.4 Å². The van der Waals surface area contributed by atoms with Gasteiger partial charge in [0.05, 0.1) is 11.6 Å². The van der Waals surface area contributed by atoms with Crippen molar-refractivity contribution in [2.75, 3.05) is 0 Å². The first-order chi connectivity index (χ1) is 12.7. The van der Waals surface area contributed by atoms with E-state index in [4.69, 9.17) is 4.74 Å². The standard InChI is InChI=1S/C22H34N2O4/c1-12-13(2)18-15(14(3)17(12)25)9-10-22(8,28-18)19(26)23-16-11-20(4,5)24(27)21(16,6)7/h16,25,27H,9-11H2,1-8H3,(H,23,26). The van der Waals surface area contributed by atoms with E-state index in [0.29, 0.717) is 30.8 Å². The summed E-state index contributed by atoms with van der Waals surface area (Å²) >= 11 is 0. The molecule has 28 heavy (non-hydrogen) atoms. The summed E-state index contributed by atoms with van der Waals surface area (Å²) < 4.78 is 6.29. The molecule has 2 unspecified atom stereocenters. The molecule has 1 fully saturated rings. The van der Waals surface area contributed by atoms with Gasteiger partial charge in [-0.1, -0.05) is 0 Å². The van der Waals surface area contributed by atoms with Crippen LogP contribution in [0.2, 0.25) is 0 Å². The summed E-state index contributed by atoms with van der Waals surface area (Å²) in [5, 5.41) is 25.4. The molecule has 6 nitrogen and oxygen atoms in total. The summed E-state index contributed by atoms with van der Waals surface area (Å²) in [4.78, 5) is 13.3. The Bertz CT molecular complexity index is 831. The van der Waals surface area contributed by atoms with Gasteiger partial charge in [0, 0.05) is 17.5 Å². The zero-order valence-corrected chi connectivity index (χ0v) is 18.4. The molecule has 0 spiro atoms. The summed E-state index contributed by atoms with van der Waals surface area (Å²) in [6.45, 7) is 15.3. The molecule has 3 N–H and O–H groups in total. The number of nitrogens with zero attached hydrogens (tertiary/aromatic N) is 1. The summed E-state index contributed by atoms with van der Waals surface area (Å²) in [6, 6.07) is -0.189. The van der Waals surface area contributed by atoms with Gasteiger partial charge in [-0.15, -0.1) is 0 Å². The Kier molecular flexibility index (Phi) is 4.75. The number of hydrogen-bond donors (Lipinski definition) is 3. The van der Waals surface area contributed by atoms with Crippen molar-refractivity contribution in [3.63, 3.8) is 0 Å². The number of fused-ring (bicyclic) bond motifs is 1. The molecule has 0 bridgehead atoms. The third-order valence-electron chi connectivity index (χ3n) is 6.98. The first kappa shape index (κ1) is 20.9. The fourth-order valence-electron chi connectivity index (χ4n) is 4.71. The first-order valence-electron chi connectivity index (χ1n) is 10.0. The Morgan fingerprint density at radius 3 is 2.25 bits per heavy atom. The van der Waals surface area contributed by atoms with Crippen LogP contribution in [0.1, 0.15) is 69.7 Å². The van der Waals surface area contributed by atoms with Crippen LogP contribution in [-0.2, 0) is 11.2 Å². The normalized spacial score (nSPS) is 28.5. The Balaban J connectivity index is 1.87. The van der Waals surface area contributed by atoms with Crippen LogP contribution in [0, 0.1) is 20.8 Å². The molecule has 0 aromatic heterocycles. The predicted octanol–water partition coefficient (Wildman–Crippen LogP) is 3.54. The van der Waals surface area contributed by atoms with E-state index in [0.717, 1.165) is 22.3 Å². The van der Waals surface area contributed by atoms with Crippen molar-refractivity contribution < 1.29 is 19.8 Å². The minimum atomic E-state index is -0.989. The van der Waals surface area contributed by atoms with Crippen LogP contribution >= 0.6 is 0 Å². The van der Waals surface area contributed by atoms with Crippen molar-refractivity contribution in [2.24, 2.45) is 0 Å². The molecule has 1 aromatic rings. The maximum Gasteiger partial charge on any atom is 0.264 e. The number of benzene rings is 1. The molecule has 1 amide bonds. The minimum absolute atomic E-state index is 0.162. The number of phenolic OH excluding ortho intramolecular Hbond substituents is 1. The van der Waals surface area contributed by atoms with Crippen molar-refractivity contribution in [3.05, 3.63) is 22.3 Å². The van der Waals surface area contributed by atoms with E-state index in [1.54, 1.807) is 0 Å². The van der Waals surface area contributed by atoms with Gasteiger partial charge in [0.1, 0.15) is 11.5 Å². The number of hydroxylamine groups is 2. The molecule has 2 aliphatic heterocycles. The summed E-state index contributed by atoms with van der Waals surface area (Å²) in [5.41, 5.74) is 1.50. The van der Waals surface area contributed by atoms with Crippen LogP contribution in [0.4, 0.5) is 0 Å². The van der Waals surface area contributed by atoms with Gasteiger partial charge in [0.25, 0.3) is 5.91 Å². The lowest BCUT2D eigenvalue weighted by atomic mass is 9.86. The van der Waals surface area contributed by atoms with Crippen LogP contribution < -0.4 is 10.1 Å². The van der Waals surface area contributed by atoms with Gasteiger partial charge in [0.2, 0.25) is 0 Å². The Morgan fingerprint density at radius 2 is 1.71 bits per heavy atom. The van der Waals surface area contributed by atoms with E-state index in [-0.39, 0.29) is 11.9 Å². The average Bonchev–Trinajstić information content (AvgIpc) is 2.77. The Morgan fingerprint density at radius 1 is 1.11 bits per heavy atom. The van der Waals surface area contributed by atoms with Gasteiger partial charge >= 0.3 is 0 Å². The maximum absolute atomic E-state index is 13.3. The second-order valence-corrected chi connectivity index (χ2v) is 9.87. The van der Waals surface area contributed by atoms with E-state index in [1.807, 2.05) is 55.4 Å². The fraction of sp³-hybridized carbons (Fsp3) is 0.682. The molecule has 6 heteroatoms. The third kappa shape index (κ3) is 2.98. The van der Waals surface area contributed by atoms with Gasteiger partial charge in [0.15, 0.2) is 5.60 Å². The van der Waals surface area contributed by atoms with E-state index >= 15 is 0 Å². The number of carbonyl (C=O) groups is 1. The molecule has 1 aromatic carbocycles. The van der Waals surface area contributed by atoms with E-state index in [9.17, 15) is 15.1 Å². The number of carbonyl (C=O) groups excluding carboxylic acids is 1. The summed E-state index contributed by atoms with van der Waals surface area (Å²) in [6.07, 6.45) is 1.86. The summed E-state index contributed by atoms with van der Waals surface area (Å²) in [7, 11) is 0. The molecule has 2 atom stereocenters. The lowest BCUT2D eigenvalue weighted by molar-refractivity contribution is -0.194. The topological polar surface area (TPSA) is 82.0 Å². The average molecular weight is 391 g/mol. The SMILES string of the molecule is Cc1c(C)c2c(c(C)c1O)CCC(C)(C(=O)NC1CC(C)(C)N(O)C1(C)C)O2. The lowest BCUT2D eigenvalue weighted by Gasteiger charge is -2.39. The van der Waals surface area contributed by atoms with Crippen LogP contribution in [0.25, 0.3) is 0 Å². The Labute approximate surface area is 167 Å². The highest BCUT2D eigenvalue weighted by Gasteiger charge is 2.53. The van der Waals surface area contributed by atoms with E-state index in [1.165, 1.54) is 5.06 Å². The molecule has 2 heterocycles. The highest BCUT2D eigenvalue weighted by Crippen LogP contribution is 2.44. The van der Waals surface area contributed by atoms with Crippen molar-refractivity contribution in [1.29, 1.82) is 0 Å². The second kappa shape index (κ2) is 6.36. The highest BCUT2D eigenvalue weighted by atomic mass is 16.5. The minimum Gasteiger partial charge on any atom is -0.507 e. The van der Waals surface area contributed by atoms with E-state index in [2.05, 4.69) is 5.32 Å². The van der Waals surface area contributed by atoms with Crippen LogP contribution in [0.15, 0.2) is 0 Å². The molecule has 3 rings (SSSR count). The smallest absolute Gasteiger partial charge is 0.264 e. The molecule has 0 radical (unpaired) electrons. The third-order valence-corrected chi connectivity index (χ3v) is 6.98. The van der Waals surface area contributed by atoms with Gasteiger partial charge in [-0.25, -0.2) is 0 Å². The van der Waals surface area contributed by atoms with Crippen molar-refractivity contribution in [3.8, 4) is 11.5 Å². The van der Waals surface area contributed by atoms with Crippen LogP contribution in [0.5, 0.6) is 11.5 Å². The zero-order valence-electron chi connectivity index (χ0n) is 18.4. The fourth-order valence-corrected chi connectivity index (χ4v) is 4.71. The molecular formula is C22H34N2O4. The van der Waals surface area contributed by atoms with Gasteiger partial charge in [-0.3, -0.25) is 4.79 Å². The Hall–Kier alpha value is -1.79. The van der Waals surface area contributed by atoms with Crippen LogP contribution in [0.3, 0.4) is 0 Å². The number of ether oxygens (including phenoxy) is 1. The molecule has 156 valence electrons. The second-order valence-electron chi connectivity index (χ2n) is 9.87. The first-order valence-corrected chi connectivity index (χ1v) is 10.0. The number of amides is 1. The zero-order chi connectivity index (χ0) is 21.2. The van der Waals surface area contributed by atoms with Crippen molar-refractivity contribution >= 4 is 5.91 Å². The number of hydrogen-bond acceptors (Lipinski definition) is 5. The highest BCUT2D eigenvalue weighted by molar-refractivity contribution is 5.86. The number of rotatable bonds is 2. The van der Waals surface area contributed by atoms with E-state index < -0.39 is 16.7 Å². The van der Waals surface area contributed by atoms with Crippen LogP contribution in [-0.4, -0.2) is 44.0 Å². The molecule has 1 saturated heterocycles. The maximum atomic E-state index is 13.3. The molecular weight excluding hydrogens is 356 g/mol. The quantitative estimate of drug-likeness (QED) is 0.720. The largest absolute Gasteiger partial charge is 0.507 e. The van der Waals surface area contributed by atoms with Crippen molar-refractivity contribution in [2.45, 2.75) is 97.4 Å². The molecule has 2 aliphatic rings. The van der Waals surface area contributed by atoms with Gasteiger partial charge in [-0.2, -0.15) is 5.06 Å². The van der Waals surface area contributed by atoms with Gasteiger partial charge in [-0.05, 0) is 84.9 Å². The molecule has 0 aliphatic carbocycles. The lowest BCUT2D eigenvalue weighted by Crippen LogP contribution is -2.58. The molecule has 0 saturated carbocycles. The number of phenols is 1. The summed E-state index contributed by atoms with van der Waals surface area (Å²) in [5.74, 6) is 0.863. The number of nitrogens with one attached hydrogen (secondary N) is 1. The number of aromatic hydroxyl groups is 1. The predicted molar refractivity (Wildman–Crippen MR) is 108 cm³/mol. The van der Waals surface area contributed by atoms with Crippen molar-refractivity contribution in [1.82, 2.24) is 10.4 Å².